The highest BCUT2D eigenvalue weighted by Gasteiger charge is 2.25. The molecule has 28 heavy (non-hydrogen) atoms. The second-order valence-corrected chi connectivity index (χ2v) is 7.06. The van der Waals surface area contributed by atoms with Crippen LogP contribution < -0.4 is 5.32 Å². The molecule has 2 aromatic rings. The summed E-state index contributed by atoms with van der Waals surface area (Å²) in [5.74, 6) is -0.0783. The van der Waals surface area contributed by atoms with Gasteiger partial charge in [-0.3, -0.25) is 9.59 Å². The van der Waals surface area contributed by atoms with Crippen LogP contribution in [0.4, 0.5) is 0 Å². The number of rotatable bonds is 10. The highest BCUT2D eigenvalue weighted by atomic mass is 16.2. The van der Waals surface area contributed by atoms with Gasteiger partial charge in [-0.25, -0.2) is 0 Å². The van der Waals surface area contributed by atoms with Crippen molar-refractivity contribution in [3.63, 3.8) is 0 Å². The number of carbonyl (C=O) groups is 2. The molecule has 0 bridgehead atoms. The predicted molar refractivity (Wildman–Crippen MR) is 114 cm³/mol. The minimum absolute atomic E-state index is 0.0225. The van der Waals surface area contributed by atoms with Gasteiger partial charge in [0.2, 0.25) is 11.8 Å². The summed E-state index contributed by atoms with van der Waals surface area (Å²) in [7, 11) is 0. The zero-order valence-electron chi connectivity index (χ0n) is 17.3. The van der Waals surface area contributed by atoms with Gasteiger partial charge in [0.05, 0.1) is 0 Å². The first-order valence-electron chi connectivity index (χ1n) is 10.2. The molecule has 0 fully saturated rings. The maximum atomic E-state index is 13.0. The Balaban J connectivity index is 2.02. The zero-order chi connectivity index (χ0) is 20.4. The average Bonchev–Trinajstić information content (AvgIpc) is 2.73. The van der Waals surface area contributed by atoms with Crippen LogP contribution in [0.3, 0.4) is 0 Å². The standard InChI is InChI=1S/C24H32N2O2/c1-4-20-11-13-22(14-12-20)15-16-23(27)26(19(3)24(28)25-5-2)18-17-21-9-7-6-8-10-21/h6-14,19H,4-5,15-18H2,1-3H3,(H,25,28)/t19-/m1/s1. The molecule has 0 aromatic heterocycles. The molecule has 1 atom stereocenters. The molecule has 2 rings (SSSR count). The number of hydrogen-bond acceptors (Lipinski definition) is 2. The lowest BCUT2D eigenvalue weighted by molar-refractivity contribution is -0.139. The van der Waals surface area contributed by atoms with Crippen molar-refractivity contribution in [2.45, 2.75) is 52.5 Å². The van der Waals surface area contributed by atoms with Crippen molar-refractivity contribution >= 4 is 11.8 Å². The van der Waals surface area contributed by atoms with Gasteiger partial charge in [0.1, 0.15) is 6.04 Å². The van der Waals surface area contributed by atoms with Crippen LogP contribution in [-0.4, -0.2) is 35.8 Å². The fraction of sp³-hybridized carbons (Fsp3) is 0.417. The van der Waals surface area contributed by atoms with E-state index in [-0.39, 0.29) is 11.8 Å². The van der Waals surface area contributed by atoms with E-state index in [0.29, 0.717) is 25.9 Å². The number of benzene rings is 2. The molecule has 2 aromatic carbocycles. The molecule has 0 unspecified atom stereocenters. The topological polar surface area (TPSA) is 49.4 Å². The van der Waals surface area contributed by atoms with Crippen molar-refractivity contribution in [3.8, 4) is 0 Å². The third-order valence-corrected chi connectivity index (χ3v) is 5.06. The lowest BCUT2D eigenvalue weighted by Crippen LogP contribution is -2.48. The van der Waals surface area contributed by atoms with E-state index in [4.69, 9.17) is 0 Å². The van der Waals surface area contributed by atoms with E-state index in [1.165, 1.54) is 11.1 Å². The highest BCUT2D eigenvalue weighted by Crippen LogP contribution is 2.12. The number of hydrogen-bond donors (Lipinski definition) is 1. The van der Waals surface area contributed by atoms with E-state index < -0.39 is 6.04 Å². The number of likely N-dealkylation sites (N-methyl/N-ethyl adjacent to an activating group) is 1. The predicted octanol–water partition coefficient (Wildman–Crippen LogP) is 3.78. The monoisotopic (exact) mass is 380 g/mol. The minimum atomic E-state index is -0.473. The molecule has 0 radical (unpaired) electrons. The van der Waals surface area contributed by atoms with E-state index in [2.05, 4.69) is 48.6 Å². The molecule has 0 aliphatic carbocycles. The van der Waals surface area contributed by atoms with Crippen LogP contribution in [0.15, 0.2) is 54.6 Å². The molecule has 150 valence electrons. The molecule has 0 aliphatic heterocycles. The summed E-state index contributed by atoms with van der Waals surface area (Å²) in [5, 5.41) is 2.83. The molecule has 2 amide bonds. The van der Waals surface area contributed by atoms with Crippen LogP contribution in [0.5, 0.6) is 0 Å². The molecule has 4 nitrogen and oxygen atoms in total. The van der Waals surface area contributed by atoms with Gasteiger partial charge in [0.25, 0.3) is 0 Å². The SMILES string of the molecule is CCNC(=O)[C@@H](C)N(CCc1ccccc1)C(=O)CCc1ccc(CC)cc1. The summed E-state index contributed by atoms with van der Waals surface area (Å²) >= 11 is 0. The number of aryl methyl sites for hydroxylation is 2. The van der Waals surface area contributed by atoms with Crippen LogP contribution >= 0.6 is 0 Å². The summed E-state index contributed by atoms with van der Waals surface area (Å²) < 4.78 is 0. The van der Waals surface area contributed by atoms with Crippen molar-refractivity contribution in [2.75, 3.05) is 13.1 Å². The van der Waals surface area contributed by atoms with Gasteiger partial charge < -0.3 is 10.2 Å². The quantitative estimate of drug-likeness (QED) is 0.682. The maximum Gasteiger partial charge on any atom is 0.242 e. The Bertz CT molecular complexity index is 741. The van der Waals surface area contributed by atoms with Crippen molar-refractivity contribution in [2.24, 2.45) is 0 Å². The normalized spacial score (nSPS) is 11.7. The Labute approximate surface area is 169 Å². The molecule has 0 saturated carbocycles. The fourth-order valence-electron chi connectivity index (χ4n) is 3.23. The van der Waals surface area contributed by atoms with Gasteiger partial charge in [-0.1, -0.05) is 61.5 Å². The molecular weight excluding hydrogens is 348 g/mol. The van der Waals surface area contributed by atoms with E-state index in [1.807, 2.05) is 32.0 Å². The summed E-state index contributed by atoms with van der Waals surface area (Å²) in [6.45, 7) is 6.93. The van der Waals surface area contributed by atoms with Gasteiger partial charge in [0.15, 0.2) is 0 Å². The van der Waals surface area contributed by atoms with Crippen LogP contribution in [0.2, 0.25) is 0 Å². The first-order valence-corrected chi connectivity index (χ1v) is 10.2. The molecular formula is C24H32N2O2. The van der Waals surface area contributed by atoms with E-state index in [1.54, 1.807) is 4.90 Å². The van der Waals surface area contributed by atoms with Crippen molar-refractivity contribution in [1.82, 2.24) is 10.2 Å². The van der Waals surface area contributed by atoms with E-state index in [0.717, 1.165) is 18.4 Å². The number of amides is 2. The first kappa shape index (κ1) is 21.7. The van der Waals surface area contributed by atoms with Crippen LogP contribution in [0.1, 0.15) is 43.9 Å². The van der Waals surface area contributed by atoms with Crippen LogP contribution in [0, 0.1) is 0 Å². The van der Waals surface area contributed by atoms with Crippen molar-refractivity contribution in [3.05, 3.63) is 71.3 Å². The summed E-state index contributed by atoms with van der Waals surface area (Å²) in [5.41, 5.74) is 3.61. The van der Waals surface area contributed by atoms with E-state index in [9.17, 15) is 9.59 Å². The Hall–Kier alpha value is -2.62. The zero-order valence-corrected chi connectivity index (χ0v) is 17.3. The van der Waals surface area contributed by atoms with Crippen molar-refractivity contribution < 1.29 is 9.59 Å². The molecule has 0 heterocycles. The molecule has 0 saturated heterocycles. The lowest BCUT2D eigenvalue weighted by Gasteiger charge is -2.28. The van der Waals surface area contributed by atoms with Crippen LogP contribution in [-0.2, 0) is 28.9 Å². The summed E-state index contributed by atoms with van der Waals surface area (Å²) in [4.78, 5) is 27.0. The Kier molecular flexibility index (Phi) is 8.73. The fourth-order valence-corrected chi connectivity index (χ4v) is 3.23. The highest BCUT2D eigenvalue weighted by molar-refractivity contribution is 5.87. The third kappa shape index (κ3) is 6.52. The Morgan fingerprint density at radius 1 is 0.893 bits per heavy atom. The Morgan fingerprint density at radius 2 is 1.50 bits per heavy atom. The average molecular weight is 381 g/mol. The smallest absolute Gasteiger partial charge is 0.242 e. The molecule has 0 aliphatic rings. The largest absolute Gasteiger partial charge is 0.355 e. The third-order valence-electron chi connectivity index (χ3n) is 5.06. The van der Waals surface area contributed by atoms with Gasteiger partial charge in [-0.05, 0) is 49.8 Å². The first-order chi connectivity index (χ1) is 13.5. The second-order valence-electron chi connectivity index (χ2n) is 7.06. The van der Waals surface area contributed by atoms with Gasteiger partial charge in [0, 0.05) is 19.5 Å². The molecule has 4 heteroatoms. The van der Waals surface area contributed by atoms with Gasteiger partial charge in [-0.15, -0.1) is 0 Å². The number of carbonyl (C=O) groups excluding carboxylic acids is 2. The van der Waals surface area contributed by atoms with Gasteiger partial charge >= 0.3 is 0 Å². The minimum Gasteiger partial charge on any atom is -0.355 e. The van der Waals surface area contributed by atoms with Gasteiger partial charge in [-0.2, -0.15) is 0 Å². The Morgan fingerprint density at radius 3 is 2.11 bits per heavy atom. The second kappa shape index (κ2) is 11.3. The molecule has 1 N–H and O–H groups in total. The summed E-state index contributed by atoms with van der Waals surface area (Å²) in [6, 6.07) is 18.0. The number of nitrogens with one attached hydrogen (secondary N) is 1. The van der Waals surface area contributed by atoms with Crippen molar-refractivity contribution in [1.29, 1.82) is 0 Å². The summed E-state index contributed by atoms with van der Waals surface area (Å²) in [6.07, 6.45) is 2.84. The van der Waals surface area contributed by atoms with E-state index >= 15 is 0 Å². The molecule has 0 spiro atoms. The lowest BCUT2D eigenvalue weighted by atomic mass is 10.0. The maximum absolute atomic E-state index is 13.0. The number of nitrogens with zero attached hydrogens (tertiary/aromatic N) is 1. The van der Waals surface area contributed by atoms with Crippen LogP contribution in [0.25, 0.3) is 0 Å².